The van der Waals surface area contributed by atoms with Crippen molar-refractivity contribution >= 4 is 29.4 Å². The van der Waals surface area contributed by atoms with E-state index in [0.717, 1.165) is 42.8 Å². The molecular formula is C18H20ClN3O. The number of hydrogen-bond donors (Lipinski definition) is 0. The molecule has 0 radical (unpaired) electrons. The minimum atomic E-state index is -0.0125. The van der Waals surface area contributed by atoms with Gasteiger partial charge >= 0.3 is 0 Å². The maximum absolute atomic E-state index is 12.7. The molecule has 0 N–H and O–H groups in total. The fourth-order valence-electron chi connectivity index (χ4n) is 2.85. The number of aliphatic imine (C=N–C) groups is 1. The topological polar surface area (TPSA) is 35.9 Å². The molecule has 5 heteroatoms. The fraction of sp³-hybridized carbons (Fsp3) is 0.333. The second-order valence-electron chi connectivity index (χ2n) is 6.05. The van der Waals surface area contributed by atoms with Crippen LogP contribution in [0.25, 0.3) is 6.08 Å². The first-order valence-electron chi connectivity index (χ1n) is 7.80. The van der Waals surface area contributed by atoms with E-state index in [9.17, 15) is 4.79 Å². The van der Waals surface area contributed by atoms with Crippen LogP contribution in [0.15, 0.2) is 46.7 Å². The predicted octanol–water partition coefficient (Wildman–Crippen LogP) is 3.55. The van der Waals surface area contributed by atoms with Gasteiger partial charge in [-0.2, -0.15) is 0 Å². The zero-order valence-corrected chi connectivity index (χ0v) is 14.2. The molecule has 1 fully saturated rings. The molecule has 0 aromatic heterocycles. The first-order chi connectivity index (χ1) is 11.0. The second-order valence-corrected chi connectivity index (χ2v) is 6.48. The molecule has 1 saturated heterocycles. The molecule has 120 valence electrons. The molecule has 2 aliphatic rings. The molecule has 1 aromatic rings. The van der Waals surface area contributed by atoms with E-state index in [0.29, 0.717) is 10.7 Å². The number of hydrogen-bond acceptors (Lipinski definition) is 3. The quantitative estimate of drug-likeness (QED) is 0.778. The van der Waals surface area contributed by atoms with Gasteiger partial charge in [0.05, 0.1) is 0 Å². The van der Waals surface area contributed by atoms with Crippen molar-refractivity contribution in [3.63, 3.8) is 0 Å². The molecule has 3 rings (SSSR count). The highest BCUT2D eigenvalue weighted by atomic mass is 35.5. The lowest BCUT2D eigenvalue weighted by Gasteiger charge is -2.17. The molecule has 2 aliphatic heterocycles. The summed E-state index contributed by atoms with van der Waals surface area (Å²) in [5.74, 6) is 0.794. The van der Waals surface area contributed by atoms with Gasteiger partial charge in [0.1, 0.15) is 11.5 Å². The minimum Gasteiger partial charge on any atom is -0.383 e. The van der Waals surface area contributed by atoms with Gasteiger partial charge in [0.15, 0.2) is 0 Å². The van der Waals surface area contributed by atoms with Crippen LogP contribution in [-0.2, 0) is 4.79 Å². The van der Waals surface area contributed by atoms with Gasteiger partial charge < -0.3 is 4.90 Å². The monoisotopic (exact) mass is 329 g/mol. The number of carbonyl (C=O) groups is 1. The highest BCUT2D eigenvalue weighted by molar-refractivity contribution is 6.30. The van der Waals surface area contributed by atoms with Crippen molar-refractivity contribution in [2.45, 2.75) is 19.3 Å². The third-order valence-corrected chi connectivity index (χ3v) is 4.15. The molecule has 0 bridgehead atoms. The van der Waals surface area contributed by atoms with E-state index in [4.69, 9.17) is 11.6 Å². The van der Waals surface area contributed by atoms with Crippen molar-refractivity contribution in [2.24, 2.45) is 4.99 Å². The number of nitrogens with zero attached hydrogens (tertiary/aromatic N) is 3. The van der Waals surface area contributed by atoms with Crippen molar-refractivity contribution in [1.82, 2.24) is 9.80 Å². The van der Waals surface area contributed by atoms with Crippen LogP contribution >= 0.6 is 11.6 Å². The highest BCUT2D eigenvalue weighted by Crippen LogP contribution is 2.27. The van der Waals surface area contributed by atoms with Crippen molar-refractivity contribution < 1.29 is 4.79 Å². The van der Waals surface area contributed by atoms with Crippen LogP contribution in [0.3, 0.4) is 0 Å². The Morgan fingerprint density at radius 1 is 1.22 bits per heavy atom. The number of amidine groups is 1. The first-order valence-corrected chi connectivity index (χ1v) is 8.18. The SMILES string of the molecule is CN(C)/C=C1\CCCCN2C(=O)/C(=C\c3ccc(Cl)cc3)N=C12. The first kappa shape index (κ1) is 15.8. The molecule has 0 atom stereocenters. The Kier molecular flexibility index (Phi) is 4.53. The van der Waals surface area contributed by atoms with E-state index in [1.54, 1.807) is 0 Å². The maximum atomic E-state index is 12.7. The van der Waals surface area contributed by atoms with Gasteiger partial charge in [-0.25, -0.2) is 4.99 Å². The Labute approximate surface area is 141 Å². The Morgan fingerprint density at radius 3 is 2.65 bits per heavy atom. The van der Waals surface area contributed by atoms with Gasteiger partial charge in [-0.05, 0) is 43.0 Å². The van der Waals surface area contributed by atoms with E-state index in [2.05, 4.69) is 11.2 Å². The normalized spacial score (nSPS) is 21.4. The summed E-state index contributed by atoms with van der Waals surface area (Å²) in [5, 5.41) is 0.682. The van der Waals surface area contributed by atoms with Crippen LogP contribution in [0.4, 0.5) is 0 Å². The number of halogens is 1. The second kappa shape index (κ2) is 6.59. The van der Waals surface area contributed by atoms with Crippen LogP contribution in [0.2, 0.25) is 5.02 Å². The average molecular weight is 330 g/mol. The van der Waals surface area contributed by atoms with Gasteiger partial charge in [-0.1, -0.05) is 23.7 Å². The number of rotatable bonds is 2. The third-order valence-electron chi connectivity index (χ3n) is 3.90. The summed E-state index contributed by atoms with van der Waals surface area (Å²) in [6, 6.07) is 7.42. The average Bonchev–Trinajstić information content (AvgIpc) is 2.68. The Hall–Kier alpha value is -2.07. The molecule has 4 nitrogen and oxygen atoms in total. The van der Waals surface area contributed by atoms with Crippen LogP contribution in [0.1, 0.15) is 24.8 Å². The van der Waals surface area contributed by atoms with Crippen molar-refractivity contribution in [3.8, 4) is 0 Å². The van der Waals surface area contributed by atoms with Gasteiger partial charge in [0, 0.05) is 37.4 Å². The number of benzene rings is 1. The van der Waals surface area contributed by atoms with Crippen LogP contribution < -0.4 is 0 Å². The summed E-state index contributed by atoms with van der Waals surface area (Å²) in [7, 11) is 3.98. The Bertz CT molecular complexity index is 701. The largest absolute Gasteiger partial charge is 0.383 e. The lowest BCUT2D eigenvalue weighted by atomic mass is 10.1. The lowest BCUT2D eigenvalue weighted by molar-refractivity contribution is -0.122. The standard InChI is InChI=1S/C18H20ClN3O/c1-21(2)12-14-5-3-4-10-22-17(14)20-16(18(22)23)11-13-6-8-15(19)9-7-13/h6-9,11-12H,3-5,10H2,1-2H3/b14-12+,16-11+. The number of fused-ring (bicyclic) bond motifs is 1. The minimum absolute atomic E-state index is 0.0125. The molecular weight excluding hydrogens is 310 g/mol. The van der Waals surface area contributed by atoms with Crippen LogP contribution in [0.5, 0.6) is 0 Å². The van der Waals surface area contributed by atoms with E-state index in [-0.39, 0.29) is 5.91 Å². The third kappa shape index (κ3) is 3.48. The summed E-state index contributed by atoms with van der Waals surface area (Å²) in [6.07, 6.45) is 6.93. The predicted molar refractivity (Wildman–Crippen MR) is 94.2 cm³/mol. The number of carbonyl (C=O) groups excluding carboxylic acids is 1. The van der Waals surface area contributed by atoms with Crippen molar-refractivity contribution in [3.05, 3.63) is 52.3 Å². The summed E-state index contributed by atoms with van der Waals surface area (Å²) in [4.78, 5) is 21.1. The van der Waals surface area contributed by atoms with Gasteiger partial charge in [-0.3, -0.25) is 9.69 Å². The van der Waals surface area contributed by atoms with Crippen LogP contribution in [-0.4, -0.2) is 42.2 Å². The van der Waals surface area contributed by atoms with Gasteiger partial charge in [0.2, 0.25) is 0 Å². The highest BCUT2D eigenvalue weighted by Gasteiger charge is 2.33. The Balaban J connectivity index is 1.98. The molecule has 0 unspecified atom stereocenters. The van der Waals surface area contributed by atoms with E-state index < -0.39 is 0 Å². The molecule has 0 spiro atoms. The summed E-state index contributed by atoms with van der Waals surface area (Å²) < 4.78 is 0. The van der Waals surface area contributed by atoms with Gasteiger partial charge in [-0.15, -0.1) is 0 Å². The molecule has 1 aromatic carbocycles. The van der Waals surface area contributed by atoms with Crippen molar-refractivity contribution in [1.29, 1.82) is 0 Å². The van der Waals surface area contributed by atoms with E-state index in [1.165, 1.54) is 0 Å². The Morgan fingerprint density at radius 2 is 1.96 bits per heavy atom. The molecule has 0 saturated carbocycles. The summed E-state index contributed by atoms with van der Waals surface area (Å²) >= 11 is 5.91. The maximum Gasteiger partial charge on any atom is 0.278 e. The zero-order chi connectivity index (χ0) is 16.4. The van der Waals surface area contributed by atoms with E-state index in [1.807, 2.05) is 54.2 Å². The van der Waals surface area contributed by atoms with Gasteiger partial charge in [0.25, 0.3) is 5.91 Å². The van der Waals surface area contributed by atoms with E-state index >= 15 is 0 Å². The summed E-state index contributed by atoms with van der Waals surface area (Å²) in [6.45, 7) is 0.737. The van der Waals surface area contributed by atoms with Crippen LogP contribution in [0, 0.1) is 0 Å². The zero-order valence-electron chi connectivity index (χ0n) is 13.4. The molecule has 0 aliphatic carbocycles. The fourth-order valence-corrected chi connectivity index (χ4v) is 2.98. The smallest absolute Gasteiger partial charge is 0.278 e. The lowest BCUT2D eigenvalue weighted by Crippen LogP contribution is -2.32. The summed E-state index contributed by atoms with van der Waals surface area (Å²) in [5.41, 5.74) is 2.55. The molecule has 23 heavy (non-hydrogen) atoms. The molecule has 1 amide bonds. The number of amides is 1. The van der Waals surface area contributed by atoms with Crippen molar-refractivity contribution in [2.75, 3.05) is 20.6 Å². The molecule has 2 heterocycles.